The molecule has 0 aliphatic heterocycles. The number of thiophene rings is 1. The molecule has 0 aromatic carbocycles. The zero-order chi connectivity index (χ0) is 15.8. The van der Waals surface area contributed by atoms with Gasteiger partial charge in [-0.05, 0) is 30.8 Å². The summed E-state index contributed by atoms with van der Waals surface area (Å²) in [6.45, 7) is 3.66. The van der Waals surface area contributed by atoms with Crippen LogP contribution in [-0.2, 0) is 11.3 Å². The Labute approximate surface area is 136 Å². The minimum atomic E-state index is -0.418. The number of nitrogens with one attached hydrogen (secondary N) is 2. The lowest BCUT2D eigenvalue weighted by Gasteiger charge is -2.32. The van der Waals surface area contributed by atoms with Crippen LogP contribution in [0.4, 0.5) is 4.79 Å². The van der Waals surface area contributed by atoms with Crippen LogP contribution in [0.15, 0.2) is 17.5 Å². The molecule has 0 bridgehead atoms. The largest absolute Gasteiger partial charge is 0.333 e. The number of carbonyl (C=O) groups excluding carboxylic acids is 2. The fourth-order valence-corrected chi connectivity index (χ4v) is 3.57. The first-order valence-corrected chi connectivity index (χ1v) is 8.91. The number of rotatable bonds is 6. The van der Waals surface area contributed by atoms with Gasteiger partial charge in [-0.25, -0.2) is 4.79 Å². The number of hydrogen-bond donors (Lipinski definition) is 2. The molecule has 6 heteroatoms. The highest BCUT2D eigenvalue weighted by atomic mass is 32.1. The van der Waals surface area contributed by atoms with Gasteiger partial charge in [0.05, 0.1) is 13.1 Å². The second kappa shape index (κ2) is 8.90. The third-order valence-electron chi connectivity index (χ3n) is 4.10. The predicted molar refractivity (Wildman–Crippen MR) is 88.8 cm³/mol. The Morgan fingerprint density at radius 1 is 1.32 bits per heavy atom. The monoisotopic (exact) mass is 323 g/mol. The first kappa shape index (κ1) is 17.0. The fraction of sp³-hybridized carbons (Fsp3) is 0.625. The first-order chi connectivity index (χ1) is 10.7. The molecule has 122 valence electrons. The van der Waals surface area contributed by atoms with Crippen molar-refractivity contribution in [1.29, 1.82) is 0 Å². The van der Waals surface area contributed by atoms with Gasteiger partial charge in [-0.3, -0.25) is 15.0 Å². The van der Waals surface area contributed by atoms with E-state index in [0.717, 1.165) is 24.3 Å². The van der Waals surface area contributed by atoms with E-state index in [0.29, 0.717) is 19.1 Å². The Hall–Kier alpha value is -1.40. The molecule has 0 saturated heterocycles. The van der Waals surface area contributed by atoms with Gasteiger partial charge in [0.15, 0.2) is 0 Å². The molecule has 1 heterocycles. The number of carbonyl (C=O) groups is 2. The zero-order valence-electron chi connectivity index (χ0n) is 13.1. The highest BCUT2D eigenvalue weighted by molar-refractivity contribution is 7.09. The minimum absolute atomic E-state index is 0.226. The zero-order valence-corrected chi connectivity index (χ0v) is 14.0. The molecule has 1 aromatic heterocycles. The number of imide groups is 1. The second-order valence-electron chi connectivity index (χ2n) is 5.67. The summed E-state index contributed by atoms with van der Waals surface area (Å²) in [5.41, 5.74) is 0. The third-order valence-corrected chi connectivity index (χ3v) is 4.98. The fourth-order valence-electron chi connectivity index (χ4n) is 2.92. The smallest absolute Gasteiger partial charge is 0.321 e. The van der Waals surface area contributed by atoms with Crippen LogP contribution in [-0.4, -0.2) is 36.0 Å². The molecule has 0 spiro atoms. The molecular weight excluding hydrogens is 298 g/mol. The number of amides is 3. The van der Waals surface area contributed by atoms with Gasteiger partial charge in [0.1, 0.15) is 0 Å². The molecule has 1 saturated carbocycles. The Morgan fingerprint density at radius 3 is 2.73 bits per heavy atom. The van der Waals surface area contributed by atoms with Crippen molar-refractivity contribution in [2.75, 3.05) is 13.1 Å². The molecule has 3 amide bonds. The van der Waals surface area contributed by atoms with Crippen LogP contribution in [0.2, 0.25) is 0 Å². The van der Waals surface area contributed by atoms with Gasteiger partial charge < -0.3 is 5.32 Å². The Kier molecular flexibility index (Phi) is 6.86. The molecular formula is C16H25N3O2S. The van der Waals surface area contributed by atoms with Crippen molar-refractivity contribution in [1.82, 2.24) is 15.5 Å². The molecule has 2 rings (SSSR count). The molecule has 1 aliphatic rings. The van der Waals surface area contributed by atoms with Crippen LogP contribution >= 0.6 is 11.3 Å². The molecule has 0 atom stereocenters. The van der Waals surface area contributed by atoms with E-state index < -0.39 is 6.03 Å². The Balaban J connectivity index is 1.72. The van der Waals surface area contributed by atoms with E-state index in [1.165, 1.54) is 19.3 Å². The van der Waals surface area contributed by atoms with Gasteiger partial charge >= 0.3 is 6.03 Å². The van der Waals surface area contributed by atoms with Gasteiger partial charge in [0.25, 0.3) is 0 Å². The summed E-state index contributed by atoms with van der Waals surface area (Å²) in [7, 11) is 0. The van der Waals surface area contributed by atoms with E-state index in [9.17, 15) is 9.59 Å². The van der Waals surface area contributed by atoms with Crippen molar-refractivity contribution in [3.8, 4) is 0 Å². The minimum Gasteiger partial charge on any atom is -0.333 e. The van der Waals surface area contributed by atoms with Crippen LogP contribution < -0.4 is 10.6 Å². The third kappa shape index (κ3) is 5.42. The van der Waals surface area contributed by atoms with Crippen molar-refractivity contribution in [2.45, 2.75) is 51.6 Å². The normalized spacial score (nSPS) is 15.7. The molecule has 22 heavy (non-hydrogen) atoms. The average Bonchev–Trinajstić information content (AvgIpc) is 3.05. The standard InChI is InChI=1S/C16H25N3O2S/c1-2-19(13-7-4-3-5-8-13)12-15(20)18-16(21)17-11-14-9-6-10-22-14/h6,9-10,13H,2-5,7-8,11-12H2,1H3,(H2,17,18,20,21). The van der Waals surface area contributed by atoms with Crippen molar-refractivity contribution in [3.05, 3.63) is 22.4 Å². The SMILES string of the molecule is CCN(CC(=O)NC(=O)NCc1cccs1)C1CCCCC1. The summed E-state index contributed by atoms with van der Waals surface area (Å²) in [6.07, 6.45) is 6.09. The van der Waals surface area contributed by atoms with Crippen molar-refractivity contribution in [2.24, 2.45) is 0 Å². The van der Waals surface area contributed by atoms with Crippen molar-refractivity contribution >= 4 is 23.3 Å². The van der Waals surface area contributed by atoms with Gasteiger partial charge in [-0.15, -0.1) is 11.3 Å². The summed E-state index contributed by atoms with van der Waals surface area (Å²) in [5.74, 6) is -0.226. The van der Waals surface area contributed by atoms with E-state index >= 15 is 0 Å². The molecule has 0 radical (unpaired) electrons. The van der Waals surface area contributed by atoms with E-state index in [1.54, 1.807) is 11.3 Å². The van der Waals surface area contributed by atoms with Gasteiger partial charge in [0, 0.05) is 10.9 Å². The van der Waals surface area contributed by atoms with E-state index in [4.69, 9.17) is 0 Å². The quantitative estimate of drug-likeness (QED) is 0.846. The van der Waals surface area contributed by atoms with Crippen LogP contribution in [0, 0.1) is 0 Å². The summed E-state index contributed by atoms with van der Waals surface area (Å²) in [6, 6.07) is 3.96. The van der Waals surface area contributed by atoms with Crippen LogP contribution in [0.25, 0.3) is 0 Å². The maximum Gasteiger partial charge on any atom is 0.321 e. The van der Waals surface area contributed by atoms with Crippen molar-refractivity contribution in [3.63, 3.8) is 0 Å². The summed E-state index contributed by atoms with van der Waals surface area (Å²) in [5, 5.41) is 7.09. The number of hydrogen-bond acceptors (Lipinski definition) is 4. The molecule has 2 N–H and O–H groups in total. The van der Waals surface area contributed by atoms with Gasteiger partial charge in [0.2, 0.25) is 5.91 Å². The number of urea groups is 1. The van der Waals surface area contributed by atoms with E-state index in [1.807, 2.05) is 17.5 Å². The van der Waals surface area contributed by atoms with Gasteiger partial charge in [-0.2, -0.15) is 0 Å². The topological polar surface area (TPSA) is 61.4 Å². The summed E-state index contributed by atoms with van der Waals surface area (Å²) < 4.78 is 0. The highest BCUT2D eigenvalue weighted by Gasteiger charge is 2.22. The van der Waals surface area contributed by atoms with Crippen LogP contribution in [0.1, 0.15) is 43.9 Å². The summed E-state index contributed by atoms with van der Waals surface area (Å²) in [4.78, 5) is 27.0. The average molecular weight is 323 g/mol. The maximum absolute atomic E-state index is 12.0. The lowest BCUT2D eigenvalue weighted by Crippen LogP contribution is -2.47. The van der Waals surface area contributed by atoms with E-state index in [-0.39, 0.29) is 5.91 Å². The van der Waals surface area contributed by atoms with Crippen LogP contribution in [0.3, 0.4) is 0 Å². The molecule has 1 fully saturated rings. The highest BCUT2D eigenvalue weighted by Crippen LogP contribution is 2.22. The molecule has 1 aromatic rings. The van der Waals surface area contributed by atoms with E-state index in [2.05, 4.69) is 22.5 Å². The Bertz CT molecular complexity index is 470. The van der Waals surface area contributed by atoms with Crippen molar-refractivity contribution < 1.29 is 9.59 Å². The molecule has 0 unspecified atom stereocenters. The second-order valence-corrected chi connectivity index (χ2v) is 6.70. The maximum atomic E-state index is 12.0. The predicted octanol–water partition coefficient (Wildman–Crippen LogP) is 2.73. The lowest BCUT2D eigenvalue weighted by molar-refractivity contribution is -0.121. The summed E-state index contributed by atoms with van der Waals surface area (Å²) >= 11 is 1.58. The molecule has 1 aliphatic carbocycles. The first-order valence-electron chi connectivity index (χ1n) is 8.03. The molecule has 5 nitrogen and oxygen atoms in total. The number of nitrogens with zero attached hydrogens (tertiary/aromatic N) is 1. The number of likely N-dealkylation sites (N-methyl/N-ethyl adjacent to an activating group) is 1. The van der Waals surface area contributed by atoms with Crippen LogP contribution in [0.5, 0.6) is 0 Å². The Morgan fingerprint density at radius 2 is 2.09 bits per heavy atom. The lowest BCUT2D eigenvalue weighted by atomic mass is 9.94. The van der Waals surface area contributed by atoms with Gasteiger partial charge in [-0.1, -0.05) is 32.3 Å².